The number of nitrogens with zero attached hydrogens (tertiary/aromatic N) is 6. The van der Waals surface area contributed by atoms with E-state index in [4.69, 9.17) is 9.97 Å². The molecule has 6 nitrogen and oxygen atoms in total. The van der Waals surface area contributed by atoms with Crippen molar-refractivity contribution in [3.8, 4) is 0 Å². The van der Waals surface area contributed by atoms with Crippen LogP contribution >= 0.6 is 0 Å². The maximum absolute atomic E-state index is 4.69. The van der Waals surface area contributed by atoms with Crippen LogP contribution in [0.1, 0.15) is 22.6 Å². The first-order chi connectivity index (χ1) is 12.4. The molecule has 0 amide bonds. The molecule has 0 aliphatic carbocycles. The lowest BCUT2D eigenvalue weighted by Gasteiger charge is -2.29. The molecule has 7 heterocycles. The largest absolute Gasteiger partial charge is 0.321 e. The van der Waals surface area contributed by atoms with Crippen molar-refractivity contribution in [2.45, 2.75) is 30.8 Å². The van der Waals surface area contributed by atoms with E-state index in [1.807, 2.05) is 24.8 Å². The Labute approximate surface area is 144 Å². The number of aromatic nitrogens is 4. The molecule has 7 rings (SSSR count). The van der Waals surface area contributed by atoms with Crippen molar-refractivity contribution >= 4 is 23.0 Å². The van der Waals surface area contributed by atoms with E-state index >= 15 is 0 Å². The standard InChI is InChI=1S/C19H14N6/c1-3-20-7-10-5-14-16-15-6-11-8-21-4-2-13(11)25(15)19-17(16)18(22-9-23-19)24(14)12(1)10/h1-4,7-9,14-16H,5-6H2. The summed E-state index contributed by atoms with van der Waals surface area (Å²) in [4.78, 5) is 22.9. The summed E-state index contributed by atoms with van der Waals surface area (Å²) in [5, 5.41) is 0. The van der Waals surface area contributed by atoms with E-state index in [1.54, 1.807) is 6.33 Å². The van der Waals surface area contributed by atoms with Crippen LogP contribution in [0.3, 0.4) is 0 Å². The van der Waals surface area contributed by atoms with E-state index in [0.717, 1.165) is 24.5 Å². The van der Waals surface area contributed by atoms with E-state index in [0.29, 0.717) is 18.0 Å². The minimum atomic E-state index is 0.418. The number of hydrogen-bond donors (Lipinski definition) is 0. The van der Waals surface area contributed by atoms with Gasteiger partial charge in [-0.2, -0.15) is 0 Å². The van der Waals surface area contributed by atoms with Crippen molar-refractivity contribution in [2.24, 2.45) is 0 Å². The Morgan fingerprint density at radius 2 is 1.36 bits per heavy atom. The fourth-order valence-electron chi connectivity index (χ4n) is 5.43. The molecule has 4 aliphatic heterocycles. The van der Waals surface area contributed by atoms with Crippen molar-refractivity contribution in [3.63, 3.8) is 0 Å². The molecule has 120 valence electrons. The quantitative estimate of drug-likeness (QED) is 0.633. The molecule has 3 aromatic heterocycles. The summed E-state index contributed by atoms with van der Waals surface area (Å²) in [7, 11) is 0. The Morgan fingerprint density at radius 3 is 1.92 bits per heavy atom. The van der Waals surface area contributed by atoms with E-state index in [1.165, 1.54) is 28.1 Å². The fourth-order valence-corrected chi connectivity index (χ4v) is 5.43. The molecule has 3 aromatic rings. The Morgan fingerprint density at radius 1 is 0.800 bits per heavy atom. The average Bonchev–Trinajstić information content (AvgIpc) is 3.35. The third kappa shape index (κ3) is 1.28. The van der Waals surface area contributed by atoms with Crippen LogP contribution in [-0.2, 0) is 12.8 Å². The first kappa shape index (κ1) is 12.4. The summed E-state index contributed by atoms with van der Waals surface area (Å²) in [6.45, 7) is 0. The summed E-state index contributed by atoms with van der Waals surface area (Å²) < 4.78 is 0. The van der Waals surface area contributed by atoms with Crippen molar-refractivity contribution in [1.82, 2.24) is 19.9 Å². The van der Waals surface area contributed by atoms with Crippen LogP contribution in [0, 0.1) is 0 Å². The molecule has 0 radical (unpaired) electrons. The SMILES string of the molecule is c1cc2c(cn1)CC1C3c4c(ncnc4N4c5ccncc5CC34)N21. The highest BCUT2D eigenvalue weighted by Crippen LogP contribution is 2.61. The minimum Gasteiger partial charge on any atom is -0.321 e. The second kappa shape index (κ2) is 3.96. The van der Waals surface area contributed by atoms with Gasteiger partial charge in [0.2, 0.25) is 0 Å². The van der Waals surface area contributed by atoms with Crippen LogP contribution < -0.4 is 9.80 Å². The Bertz CT molecular complexity index is 984. The van der Waals surface area contributed by atoms with Gasteiger partial charge in [0.15, 0.2) is 0 Å². The van der Waals surface area contributed by atoms with Crippen molar-refractivity contribution in [1.29, 1.82) is 0 Å². The van der Waals surface area contributed by atoms with Crippen LogP contribution in [0.15, 0.2) is 43.2 Å². The molecular weight excluding hydrogens is 312 g/mol. The highest BCUT2D eigenvalue weighted by Gasteiger charge is 2.57. The van der Waals surface area contributed by atoms with Gasteiger partial charge in [-0.3, -0.25) is 9.97 Å². The molecule has 0 bridgehead atoms. The van der Waals surface area contributed by atoms with Crippen LogP contribution in [-0.4, -0.2) is 32.0 Å². The molecule has 0 fully saturated rings. The van der Waals surface area contributed by atoms with Gasteiger partial charge in [0.05, 0.1) is 0 Å². The average molecular weight is 326 g/mol. The summed E-state index contributed by atoms with van der Waals surface area (Å²) in [6.07, 6.45) is 11.6. The van der Waals surface area contributed by atoms with E-state index in [9.17, 15) is 0 Å². The first-order valence-corrected chi connectivity index (χ1v) is 8.71. The molecule has 0 N–H and O–H groups in total. The predicted molar refractivity (Wildman–Crippen MR) is 92.5 cm³/mol. The third-order valence-corrected chi connectivity index (χ3v) is 6.26. The summed E-state index contributed by atoms with van der Waals surface area (Å²) in [5.41, 5.74) is 6.52. The third-order valence-electron chi connectivity index (χ3n) is 6.26. The van der Waals surface area contributed by atoms with Crippen LogP contribution in [0.2, 0.25) is 0 Å². The number of fused-ring (bicyclic) bond motifs is 10. The van der Waals surface area contributed by atoms with E-state index in [2.05, 4.69) is 31.9 Å². The van der Waals surface area contributed by atoms with Crippen LogP contribution in [0.25, 0.3) is 0 Å². The zero-order valence-electron chi connectivity index (χ0n) is 13.4. The van der Waals surface area contributed by atoms with Gasteiger partial charge >= 0.3 is 0 Å². The maximum atomic E-state index is 4.69. The Hall–Kier alpha value is -3.02. The van der Waals surface area contributed by atoms with Gasteiger partial charge in [-0.1, -0.05) is 0 Å². The molecule has 6 heteroatoms. The zero-order chi connectivity index (χ0) is 16.1. The van der Waals surface area contributed by atoms with Gasteiger partial charge in [-0.05, 0) is 36.1 Å². The lowest BCUT2D eigenvalue weighted by atomic mass is 9.88. The van der Waals surface area contributed by atoms with Gasteiger partial charge < -0.3 is 9.80 Å². The smallest absolute Gasteiger partial charge is 0.142 e. The molecular formula is C19H14N6. The molecule has 2 unspecified atom stereocenters. The van der Waals surface area contributed by atoms with Crippen LogP contribution in [0.5, 0.6) is 0 Å². The first-order valence-electron chi connectivity index (χ1n) is 8.71. The summed E-state index contributed by atoms with van der Waals surface area (Å²) >= 11 is 0. The van der Waals surface area contributed by atoms with Gasteiger partial charge in [0.25, 0.3) is 0 Å². The van der Waals surface area contributed by atoms with Crippen molar-refractivity contribution < 1.29 is 0 Å². The number of hydrogen-bond acceptors (Lipinski definition) is 6. The molecule has 2 atom stereocenters. The predicted octanol–water partition coefficient (Wildman–Crippen LogP) is 2.50. The highest BCUT2D eigenvalue weighted by atomic mass is 15.4. The molecule has 0 spiro atoms. The fraction of sp³-hybridized carbons (Fsp3) is 0.263. The van der Waals surface area contributed by atoms with Crippen molar-refractivity contribution in [2.75, 3.05) is 9.80 Å². The van der Waals surface area contributed by atoms with Gasteiger partial charge in [0, 0.05) is 59.7 Å². The second-order valence-electron chi connectivity index (χ2n) is 7.25. The molecule has 0 aromatic carbocycles. The van der Waals surface area contributed by atoms with Crippen molar-refractivity contribution in [3.05, 3.63) is 59.9 Å². The maximum Gasteiger partial charge on any atom is 0.142 e. The Balaban J connectivity index is 1.48. The minimum absolute atomic E-state index is 0.418. The molecule has 25 heavy (non-hydrogen) atoms. The molecule has 0 saturated carbocycles. The number of pyridine rings is 2. The molecule has 0 saturated heterocycles. The highest BCUT2D eigenvalue weighted by molar-refractivity contribution is 5.86. The van der Waals surface area contributed by atoms with E-state index < -0.39 is 0 Å². The normalized spacial score (nSPS) is 26.3. The van der Waals surface area contributed by atoms with Crippen LogP contribution in [0.4, 0.5) is 23.0 Å². The monoisotopic (exact) mass is 326 g/mol. The van der Waals surface area contributed by atoms with Gasteiger partial charge in [-0.25, -0.2) is 9.97 Å². The summed E-state index contributed by atoms with van der Waals surface area (Å²) in [6, 6.07) is 5.08. The lowest BCUT2D eigenvalue weighted by Crippen LogP contribution is -2.37. The number of anilines is 4. The summed E-state index contributed by atoms with van der Waals surface area (Å²) in [5.74, 6) is 2.62. The zero-order valence-corrected chi connectivity index (χ0v) is 13.4. The lowest BCUT2D eigenvalue weighted by molar-refractivity contribution is 0.503. The molecule has 4 aliphatic rings. The Kier molecular flexibility index (Phi) is 1.96. The second-order valence-corrected chi connectivity index (χ2v) is 7.25. The topological polar surface area (TPSA) is 58.0 Å². The van der Waals surface area contributed by atoms with Gasteiger partial charge in [0.1, 0.15) is 18.0 Å². The van der Waals surface area contributed by atoms with Gasteiger partial charge in [-0.15, -0.1) is 0 Å². The van der Waals surface area contributed by atoms with E-state index in [-0.39, 0.29) is 0 Å². The number of rotatable bonds is 0.